The highest BCUT2D eigenvalue weighted by molar-refractivity contribution is 6.47. The number of benzene rings is 2. The van der Waals surface area contributed by atoms with Gasteiger partial charge in [0.25, 0.3) is 11.7 Å². The van der Waals surface area contributed by atoms with Crippen molar-refractivity contribution in [1.82, 2.24) is 4.40 Å². The molecule has 6 nitrogen and oxygen atoms in total. The number of amides is 1. The summed E-state index contributed by atoms with van der Waals surface area (Å²) in [5.41, 5.74) is 3.08. The van der Waals surface area contributed by atoms with Crippen molar-refractivity contribution in [3.63, 3.8) is 0 Å². The van der Waals surface area contributed by atoms with Crippen LogP contribution in [0.1, 0.15) is 24.3 Å². The van der Waals surface area contributed by atoms with Crippen molar-refractivity contribution in [3.8, 4) is 22.6 Å². The van der Waals surface area contributed by atoms with Gasteiger partial charge in [-0.3, -0.25) is 9.59 Å². The summed E-state index contributed by atoms with van der Waals surface area (Å²) in [4.78, 5) is 26.3. The molecule has 0 aliphatic carbocycles. The summed E-state index contributed by atoms with van der Waals surface area (Å²) in [6.45, 7) is 4.81. The van der Waals surface area contributed by atoms with E-state index in [1.165, 1.54) is 0 Å². The summed E-state index contributed by atoms with van der Waals surface area (Å²) < 4.78 is 12.8. The fourth-order valence-electron chi connectivity index (χ4n) is 3.61. The first-order valence-corrected chi connectivity index (χ1v) is 10.5. The fraction of sp³-hybridized carbons (Fsp3) is 0.154. The van der Waals surface area contributed by atoms with Crippen LogP contribution in [-0.4, -0.2) is 29.3 Å². The first kappa shape index (κ1) is 21.2. The molecule has 6 heteroatoms. The molecule has 4 aromatic rings. The highest BCUT2D eigenvalue weighted by atomic mass is 16.5. The third-order valence-corrected chi connectivity index (χ3v) is 5.01. The Morgan fingerprint density at radius 1 is 0.875 bits per heavy atom. The third kappa shape index (κ3) is 4.21. The molecule has 0 unspecified atom stereocenters. The van der Waals surface area contributed by atoms with Crippen LogP contribution in [0.25, 0.3) is 16.6 Å². The Hall–Kier alpha value is -4.06. The quantitative estimate of drug-likeness (QED) is 0.308. The SMILES string of the molecule is CCOc1ccc(-c2cc3ccccn3c2C(=O)C(=O)Nc2ccccc2OCC)cc1. The Morgan fingerprint density at radius 2 is 1.59 bits per heavy atom. The highest BCUT2D eigenvalue weighted by Crippen LogP contribution is 2.30. The normalized spacial score (nSPS) is 10.7. The van der Waals surface area contributed by atoms with Crippen LogP contribution in [0.3, 0.4) is 0 Å². The second-order valence-electron chi connectivity index (χ2n) is 7.07. The molecule has 1 N–H and O–H groups in total. The zero-order valence-corrected chi connectivity index (χ0v) is 18.0. The number of pyridine rings is 1. The molecule has 0 atom stereocenters. The van der Waals surface area contributed by atoms with Crippen LogP contribution >= 0.6 is 0 Å². The van der Waals surface area contributed by atoms with E-state index in [1.54, 1.807) is 28.8 Å². The van der Waals surface area contributed by atoms with Gasteiger partial charge in [0.05, 0.1) is 18.9 Å². The van der Waals surface area contributed by atoms with E-state index in [-0.39, 0.29) is 0 Å². The molecule has 32 heavy (non-hydrogen) atoms. The number of hydrogen-bond acceptors (Lipinski definition) is 4. The number of para-hydroxylation sites is 2. The number of hydrogen-bond donors (Lipinski definition) is 1. The smallest absolute Gasteiger partial charge is 0.298 e. The topological polar surface area (TPSA) is 69.0 Å². The Labute approximate surface area is 186 Å². The standard InChI is InChI=1S/C26H24N2O4/c1-3-31-20-14-12-18(13-15-20)21-17-19-9-7-8-16-28(19)24(21)25(29)26(30)27-22-10-5-6-11-23(22)32-4-2/h5-17H,3-4H2,1-2H3,(H,27,30). The van der Waals surface area contributed by atoms with Crippen molar-refractivity contribution in [2.24, 2.45) is 0 Å². The molecular formula is C26H24N2O4. The largest absolute Gasteiger partial charge is 0.494 e. The molecule has 0 saturated heterocycles. The van der Waals surface area contributed by atoms with Crippen LogP contribution in [-0.2, 0) is 4.79 Å². The predicted molar refractivity (Wildman–Crippen MR) is 125 cm³/mol. The molecule has 0 spiro atoms. The van der Waals surface area contributed by atoms with E-state index in [2.05, 4.69) is 5.32 Å². The zero-order chi connectivity index (χ0) is 22.5. The van der Waals surface area contributed by atoms with Gasteiger partial charge < -0.3 is 19.2 Å². The molecule has 1 amide bonds. The summed E-state index contributed by atoms with van der Waals surface area (Å²) in [6, 6.07) is 22.1. The van der Waals surface area contributed by atoms with Crippen LogP contribution in [0.2, 0.25) is 0 Å². The molecule has 0 fully saturated rings. The maximum atomic E-state index is 13.4. The van der Waals surface area contributed by atoms with E-state index < -0.39 is 11.7 Å². The van der Waals surface area contributed by atoms with Gasteiger partial charge in [0.1, 0.15) is 17.2 Å². The Morgan fingerprint density at radius 3 is 2.34 bits per heavy atom. The van der Waals surface area contributed by atoms with Crippen LogP contribution in [0.5, 0.6) is 11.5 Å². The number of fused-ring (bicyclic) bond motifs is 1. The lowest BCUT2D eigenvalue weighted by atomic mass is 10.0. The first-order chi connectivity index (χ1) is 15.6. The van der Waals surface area contributed by atoms with Crippen LogP contribution < -0.4 is 14.8 Å². The molecule has 4 rings (SSSR count). The second kappa shape index (κ2) is 9.39. The number of nitrogens with one attached hydrogen (secondary N) is 1. The highest BCUT2D eigenvalue weighted by Gasteiger charge is 2.25. The van der Waals surface area contributed by atoms with Crippen LogP contribution in [0.15, 0.2) is 79.0 Å². The number of rotatable bonds is 8. The van der Waals surface area contributed by atoms with Gasteiger partial charge in [-0.05, 0) is 61.9 Å². The van der Waals surface area contributed by atoms with E-state index in [0.29, 0.717) is 35.9 Å². The number of carbonyl (C=O) groups is 2. The average molecular weight is 428 g/mol. The number of Topliss-reactive ketones (excluding diaryl/α,β-unsaturated/α-hetero) is 1. The minimum atomic E-state index is -0.729. The number of aromatic nitrogens is 1. The van der Waals surface area contributed by atoms with Gasteiger partial charge in [-0.1, -0.05) is 30.3 Å². The molecular weight excluding hydrogens is 404 g/mol. The maximum absolute atomic E-state index is 13.4. The van der Waals surface area contributed by atoms with E-state index in [9.17, 15) is 9.59 Å². The monoisotopic (exact) mass is 428 g/mol. The Balaban J connectivity index is 1.72. The number of ketones is 1. The summed E-state index contributed by atoms with van der Waals surface area (Å²) in [5.74, 6) is -0.0966. The summed E-state index contributed by atoms with van der Waals surface area (Å²) in [6.07, 6.45) is 1.78. The van der Waals surface area contributed by atoms with Crippen molar-refractivity contribution in [2.45, 2.75) is 13.8 Å². The summed E-state index contributed by atoms with van der Waals surface area (Å²) >= 11 is 0. The number of carbonyl (C=O) groups excluding carboxylic acids is 2. The number of ether oxygens (including phenoxy) is 2. The lowest BCUT2D eigenvalue weighted by Crippen LogP contribution is -2.25. The van der Waals surface area contributed by atoms with Gasteiger partial charge in [-0.25, -0.2) is 0 Å². The minimum Gasteiger partial charge on any atom is -0.494 e. The average Bonchev–Trinajstić information content (AvgIpc) is 3.20. The van der Waals surface area contributed by atoms with E-state index in [1.807, 2.05) is 68.4 Å². The molecule has 0 aliphatic heterocycles. The van der Waals surface area contributed by atoms with E-state index in [0.717, 1.165) is 16.8 Å². The van der Waals surface area contributed by atoms with E-state index >= 15 is 0 Å². The van der Waals surface area contributed by atoms with Crippen molar-refractivity contribution < 1.29 is 19.1 Å². The maximum Gasteiger partial charge on any atom is 0.298 e. The van der Waals surface area contributed by atoms with E-state index in [4.69, 9.17) is 9.47 Å². The van der Waals surface area contributed by atoms with Gasteiger partial charge in [0.2, 0.25) is 0 Å². The zero-order valence-electron chi connectivity index (χ0n) is 18.0. The number of anilines is 1. The van der Waals surface area contributed by atoms with Crippen molar-refractivity contribution >= 4 is 22.9 Å². The fourth-order valence-corrected chi connectivity index (χ4v) is 3.61. The molecule has 2 aromatic heterocycles. The number of nitrogens with zero attached hydrogens (tertiary/aromatic N) is 1. The molecule has 0 radical (unpaired) electrons. The lowest BCUT2D eigenvalue weighted by molar-refractivity contribution is -0.112. The summed E-state index contributed by atoms with van der Waals surface area (Å²) in [5, 5.41) is 2.71. The molecule has 0 saturated carbocycles. The molecule has 0 aliphatic rings. The van der Waals surface area contributed by atoms with Gasteiger partial charge in [-0.15, -0.1) is 0 Å². The predicted octanol–water partition coefficient (Wildman–Crippen LogP) is 5.23. The van der Waals surface area contributed by atoms with Crippen LogP contribution in [0.4, 0.5) is 5.69 Å². The van der Waals surface area contributed by atoms with Crippen molar-refractivity contribution in [2.75, 3.05) is 18.5 Å². The van der Waals surface area contributed by atoms with Gasteiger partial charge in [0.15, 0.2) is 0 Å². The second-order valence-corrected chi connectivity index (χ2v) is 7.07. The van der Waals surface area contributed by atoms with Gasteiger partial charge in [-0.2, -0.15) is 0 Å². The van der Waals surface area contributed by atoms with Gasteiger partial charge in [0, 0.05) is 17.3 Å². The third-order valence-electron chi connectivity index (χ3n) is 5.01. The van der Waals surface area contributed by atoms with Gasteiger partial charge >= 0.3 is 0 Å². The minimum absolute atomic E-state index is 0.302. The Bertz CT molecular complexity index is 1260. The van der Waals surface area contributed by atoms with Crippen LogP contribution in [0, 0.1) is 0 Å². The van der Waals surface area contributed by atoms with Crippen molar-refractivity contribution in [1.29, 1.82) is 0 Å². The Kier molecular flexibility index (Phi) is 6.22. The molecule has 162 valence electrons. The molecule has 2 aromatic carbocycles. The first-order valence-electron chi connectivity index (χ1n) is 10.5. The lowest BCUT2D eigenvalue weighted by Gasteiger charge is -2.11. The molecule has 0 bridgehead atoms. The van der Waals surface area contributed by atoms with Crippen molar-refractivity contribution in [3.05, 3.63) is 84.7 Å². The molecule has 2 heterocycles. The summed E-state index contributed by atoms with van der Waals surface area (Å²) in [7, 11) is 0.